The lowest BCUT2D eigenvalue weighted by atomic mass is 9.98. The summed E-state index contributed by atoms with van der Waals surface area (Å²) >= 11 is 11.7. The molecule has 1 saturated heterocycles. The van der Waals surface area contributed by atoms with Crippen LogP contribution in [0.1, 0.15) is 12.8 Å². The standard InChI is InChI=1S/C12H13Cl2NO4/c13-7-4-8(14)6-9(5-7)15-10(16)12(11(17)18)2-1-3-19-12/h4-6,10,15-16H,1-3H2,(H,17,18). The Morgan fingerprint density at radius 2 is 2.00 bits per heavy atom. The number of aliphatic hydroxyl groups is 1. The molecule has 0 amide bonds. The summed E-state index contributed by atoms with van der Waals surface area (Å²) in [5.74, 6) is -1.20. The Morgan fingerprint density at radius 1 is 1.37 bits per heavy atom. The van der Waals surface area contributed by atoms with Crippen LogP contribution in [0.2, 0.25) is 10.0 Å². The van der Waals surface area contributed by atoms with Gasteiger partial charge in [0, 0.05) is 22.3 Å². The Morgan fingerprint density at radius 3 is 2.47 bits per heavy atom. The minimum Gasteiger partial charge on any atom is -0.479 e. The van der Waals surface area contributed by atoms with E-state index in [2.05, 4.69) is 5.32 Å². The van der Waals surface area contributed by atoms with Crippen LogP contribution in [-0.2, 0) is 9.53 Å². The number of halogens is 2. The van der Waals surface area contributed by atoms with Crippen molar-refractivity contribution in [2.45, 2.75) is 24.7 Å². The molecule has 0 bridgehead atoms. The number of hydrogen-bond donors (Lipinski definition) is 3. The van der Waals surface area contributed by atoms with Gasteiger partial charge in [-0.2, -0.15) is 0 Å². The van der Waals surface area contributed by atoms with Crippen LogP contribution in [0.15, 0.2) is 18.2 Å². The predicted molar refractivity (Wildman–Crippen MR) is 71.6 cm³/mol. The molecule has 1 aromatic rings. The molecule has 104 valence electrons. The number of rotatable bonds is 4. The van der Waals surface area contributed by atoms with E-state index < -0.39 is 17.8 Å². The number of hydrogen-bond acceptors (Lipinski definition) is 4. The highest BCUT2D eigenvalue weighted by atomic mass is 35.5. The van der Waals surface area contributed by atoms with E-state index in [1.54, 1.807) is 18.2 Å². The van der Waals surface area contributed by atoms with Crippen LogP contribution in [0.5, 0.6) is 0 Å². The lowest BCUT2D eigenvalue weighted by Crippen LogP contribution is -2.52. The second kappa shape index (κ2) is 5.54. The van der Waals surface area contributed by atoms with Crippen molar-refractivity contribution in [2.75, 3.05) is 11.9 Å². The molecule has 1 aliphatic rings. The van der Waals surface area contributed by atoms with Crippen molar-refractivity contribution in [3.8, 4) is 0 Å². The first-order chi connectivity index (χ1) is 8.94. The number of anilines is 1. The molecule has 0 spiro atoms. The van der Waals surface area contributed by atoms with Crippen LogP contribution in [0.25, 0.3) is 0 Å². The first-order valence-corrected chi connectivity index (χ1v) is 6.48. The average molecular weight is 306 g/mol. The highest BCUT2D eigenvalue weighted by molar-refractivity contribution is 6.35. The Labute approximate surface area is 120 Å². The number of ether oxygens (including phenoxy) is 1. The molecular weight excluding hydrogens is 293 g/mol. The highest BCUT2D eigenvalue weighted by Gasteiger charge is 2.49. The number of carboxylic acid groups (broad SMARTS) is 1. The summed E-state index contributed by atoms with van der Waals surface area (Å²) in [5, 5.41) is 22.8. The first-order valence-electron chi connectivity index (χ1n) is 5.72. The summed E-state index contributed by atoms with van der Waals surface area (Å²) < 4.78 is 5.22. The third kappa shape index (κ3) is 2.95. The van der Waals surface area contributed by atoms with Gasteiger partial charge in [-0.05, 0) is 31.0 Å². The topological polar surface area (TPSA) is 78.8 Å². The van der Waals surface area contributed by atoms with E-state index in [-0.39, 0.29) is 6.42 Å². The molecule has 1 aliphatic heterocycles. The van der Waals surface area contributed by atoms with Gasteiger partial charge >= 0.3 is 5.97 Å². The van der Waals surface area contributed by atoms with E-state index >= 15 is 0 Å². The minimum atomic E-state index is -1.63. The van der Waals surface area contributed by atoms with Crippen molar-refractivity contribution >= 4 is 34.9 Å². The van der Waals surface area contributed by atoms with Crippen molar-refractivity contribution in [1.82, 2.24) is 0 Å². The lowest BCUT2D eigenvalue weighted by Gasteiger charge is -2.30. The summed E-state index contributed by atoms with van der Waals surface area (Å²) in [4.78, 5) is 11.3. The second-order valence-corrected chi connectivity index (χ2v) is 5.22. The number of nitrogens with one attached hydrogen (secondary N) is 1. The van der Waals surface area contributed by atoms with Gasteiger partial charge in [-0.3, -0.25) is 0 Å². The minimum absolute atomic E-state index is 0.241. The molecule has 19 heavy (non-hydrogen) atoms. The van der Waals surface area contributed by atoms with Crippen molar-refractivity contribution in [2.24, 2.45) is 0 Å². The zero-order valence-corrected chi connectivity index (χ0v) is 11.4. The molecule has 3 N–H and O–H groups in total. The molecule has 0 radical (unpaired) electrons. The quantitative estimate of drug-likeness (QED) is 0.744. The molecule has 0 aromatic heterocycles. The fourth-order valence-electron chi connectivity index (χ4n) is 2.07. The third-order valence-electron chi connectivity index (χ3n) is 3.02. The van der Waals surface area contributed by atoms with Gasteiger partial charge in [-0.25, -0.2) is 4.79 Å². The van der Waals surface area contributed by atoms with Crippen LogP contribution in [0.4, 0.5) is 5.69 Å². The maximum Gasteiger partial charge on any atom is 0.340 e. The van der Waals surface area contributed by atoms with Crippen LogP contribution >= 0.6 is 23.2 Å². The van der Waals surface area contributed by atoms with Gasteiger partial charge in [0.15, 0.2) is 6.23 Å². The third-order valence-corrected chi connectivity index (χ3v) is 3.46. The molecule has 2 atom stereocenters. The molecule has 1 fully saturated rings. The molecule has 1 heterocycles. The van der Waals surface area contributed by atoms with E-state index in [4.69, 9.17) is 27.9 Å². The molecule has 1 aromatic carbocycles. The van der Waals surface area contributed by atoms with Gasteiger partial charge in [0.25, 0.3) is 0 Å². The van der Waals surface area contributed by atoms with Crippen LogP contribution in [0.3, 0.4) is 0 Å². The second-order valence-electron chi connectivity index (χ2n) is 4.35. The molecule has 2 unspecified atom stereocenters. The number of carboxylic acids is 1. The van der Waals surface area contributed by atoms with Gasteiger partial charge in [-0.1, -0.05) is 23.2 Å². The molecule has 2 rings (SSSR count). The monoisotopic (exact) mass is 305 g/mol. The zero-order chi connectivity index (χ0) is 14.0. The molecule has 7 heteroatoms. The van der Waals surface area contributed by atoms with E-state index in [0.717, 1.165) is 0 Å². The number of benzene rings is 1. The van der Waals surface area contributed by atoms with Crippen molar-refractivity contribution in [3.05, 3.63) is 28.2 Å². The van der Waals surface area contributed by atoms with E-state index in [1.807, 2.05) is 0 Å². The van der Waals surface area contributed by atoms with Crippen LogP contribution in [0, 0.1) is 0 Å². The number of aliphatic hydroxyl groups excluding tert-OH is 1. The Balaban J connectivity index is 2.19. The fourth-order valence-corrected chi connectivity index (χ4v) is 2.60. The maximum atomic E-state index is 11.3. The lowest BCUT2D eigenvalue weighted by molar-refractivity contribution is -0.171. The first kappa shape index (κ1) is 14.4. The van der Waals surface area contributed by atoms with Gasteiger partial charge in [0.1, 0.15) is 0 Å². The average Bonchev–Trinajstić information content (AvgIpc) is 2.77. The van der Waals surface area contributed by atoms with Crippen molar-refractivity contribution in [1.29, 1.82) is 0 Å². The normalized spacial score (nSPS) is 24.2. The summed E-state index contributed by atoms with van der Waals surface area (Å²) in [7, 11) is 0. The molecule has 5 nitrogen and oxygen atoms in total. The van der Waals surface area contributed by atoms with Gasteiger partial charge < -0.3 is 20.3 Å². The summed E-state index contributed by atoms with van der Waals surface area (Å²) in [6.07, 6.45) is -0.561. The molecular formula is C12H13Cl2NO4. The van der Waals surface area contributed by atoms with Gasteiger partial charge in [0.2, 0.25) is 5.60 Å². The predicted octanol–water partition coefficient (Wildman–Crippen LogP) is 2.36. The summed E-state index contributed by atoms with van der Waals surface area (Å²) in [6, 6.07) is 4.63. The van der Waals surface area contributed by atoms with Crippen molar-refractivity contribution in [3.63, 3.8) is 0 Å². The highest BCUT2D eigenvalue weighted by Crippen LogP contribution is 2.31. The van der Waals surface area contributed by atoms with E-state index in [1.165, 1.54) is 0 Å². The SMILES string of the molecule is O=C(O)C1(C(O)Nc2cc(Cl)cc(Cl)c2)CCCO1. The summed E-state index contributed by atoms with van der Waals surface area (Å²) in [5.41, 5.74) is -1.20. The van der Waals surface area contributed by atoms with Crippen LogP contribution in [-0.4, -0.2) is 34.6 Å². The molecule has 0 aliphatic carbocycles. The maximum absolute atomic E-state index is 11.3. The van der Waals surface area contributed by atoms with Gasteiger partial charge in [0.05, 0.1) is 0 Å². The largest absolute Gasteiger partial charge is 0.479 e. The van der Waals surface area contributed by atoms with E-state index in [0.29, 0.717) is 28.8 Å². The van der Waals surface area contributed by atoms with Crippen molar-refractivity contribution < 1.29 is 19.7 Å². The number of carbonyl (C=O) groups is 1. The van der Waals surface area contributed by atoms with Gasteiger partial charge in [-0.15, -0.1) is 0 Å². The zero-order valence-electron chi connectivity index (χ0n) is 9.90. The van der Waals surface area contributed by atoms with E-state index in [9.17, 15) is 15.0 Å². The molecule has 0 saturated carbocycles. The Bertz CT molecular complexity index is 468. The Kier molecular flexibility index (Phi) is 4.20. The summed E-state index contributed by atoms with van der Waals surface area (Å²) in [6.45, 7) is 0.307. The Hall–Kier alpha value is -1.01. The fraction of sp³-hybridized carbons (Fsp3) is 0.417. The smallest absolute Gasteiger partial charge is 0.340 e. The number of aliphatic carboxylic acids is 1. The van der Waals surface area contributed by atoms with Crippen LogP contribution < -0.4 is 5.32 Å².